The topological polar surface area (TPSA) is 58.9 Å². The van der Waals surface area contributed by atoms with Crippen LogP contribution < -0.4 is 0 Å². The Labute approximate surface area is 166 Å². The van der Waals surface area contributed by atoms with Crippen molar-refractivity contribution < 1.29 is 14.6 Å². The molecule has 1 aliphatic heterocycles. The second-order valence-electron chi connectivity index (χ2n) is 5.78. The predicted molar refractivity (Wildman–Crippen MR) is 108 cm³/mol. The van der Waals surface area contributed by atoms with Crippen LogP contribution >= 0.6 is 38.9 Å². The van der Waals surface area contributed by atoms with Crippen molar-refractivity contribution in [2.24, 2.45) is 4.99 Å². The number of hydrogen-bond acceptors (Lipinski definition) is 5. The Morgan fingerprint density at radius 1 is 1.27 bits per heavy atom. The number of nitrogens with zero attached hydrogens (tertiary/aromatic N) is 1. The molecule has 7 heteroatoms. The van der Waals surface area contributed by atoms with Crippen molar-refractivity contribution in [1.82, 2.24) is 0 Å². The summed E-state index contributed by atoms with van der Waals surface area (Å²) in [6.45, 7) is 2.01. The smallest absolute Gasteiger partial charge is 0.363 e. The average Bonchev–Trinajstić information content (AvgIpc) is 3.11. The molecule has 0 amide bonds. The zero-order chi connectivity index (χ0) is 18.4. The first-order valence-corrected chi connectivity index (χ1v) is 9.61. The second kappa shape index (κ2) is 6.54. The summed E-state index contributed by atoms with van der Waals surface area (Å²) >= 11 is 11.2. The van der Waals surface area contributed by atoms with Crippen LogP contribution in [0.4, 0.5) is 0 Å². The Kier molecular flexibility index (Phi) is 4.34. The van der Waals surface area contributed by atoms with E-state index in [1.807, 2.05) is 25.1 Å². The third-order valence-electron chi connectivity index (χ3n) is 3.88. The number of esters is 1. The van der Waals surface area contributed by atoms with Crippen LogP contribution in [0.2, 0.25) is 5.02 Å². The number of phenolic OH excluding ortho intramolecular Hbond substituents is 1. The van der Waals surface area contributed by atoms with Gasteiger partial charge in [0, 0.05) is 20.1 Å². The molecule has 4 nitrogen and oxygen atoms in total. The molecule has 26 heavy (non-hydrogen) atoms. The highest BCUT2D eigenvalue weighted by atomic mass is 79.9. The van der Waals surface area contributed by atoms with E-state index in [-0.39, 0.29) is 17.3 Å². The van der Waals surface area contributed by atoms with E-state index < -0.39 is 5.97 Å². The van der Waals surface area contributed by atoms with E-state index in [1.165, 1.54) is 23.5 Å². The Morgan fingerprint density at radius 3 is 2.88 bits per heavy atom. The molecule has 0 bridgehead atoms. The van der Waals surface area contributed by atoms with E-state index in [0.717, 1.165) is 20.1 Å². The van der Waals surface area contributed by atoms with Gasteiger partial charge in [-0.15, -0.1) is 11.3 Å². The molecule has 0 spiro atoms. The number of ether oxygens (including phenoxy) is 1. The first-order valence-electron chi connectivity index (χ1n) is 7.62. The van der Waals surface area contributed by atoms with Crippen LogP contribution in [0, 0.1) is 6.92 Å². The summed E-state index contributed by atoms with van der Waals surface area (Å²) < 4.78 is 7.10. The second-order valence-corrected chi connectivity index (χ2v) is 8.13. The Morgan fingerprint density at radius 2 is 2.08 bits per heavy atom. The molecular weight excluding hydrogens is 438 g/mol. The number of carbonyl (C=O) groups is 1. The Bertz CT molecular complexity index is 1130. The normalized spacial score (nSPS) is 15.6. The number of rotatable bonds is 2. The molecule has 0 fully saturated rings. The maximum Gasteiger partial charge on any atom is 0.363 e. The van der Waals surface area contributed by atoms with E-state index >= 15 is 0 Å². The van der Waals surface area contributed by atoms with Gasteiger partial charge < -0.3 is 9.84 Å². The number of aliphatic imine (C=N–C) groups is 1. The minimum atomic E-state index is -0.580. The number of carbonyl (C=O) groups excluding carboxylic acids is 1. The summed E-state index contributed by atoms with van der Waals surface area (Å²) in [4.78, 5) is 17.1. The molecular formula is C19H11BrClNO3S. The van der Waals surface area contributed by atoms with E-state index in [0.29, 0.717) is 15.5 Å². The number of aromatic hydroxyl groups is 1. The van der Waals surface area contributed by atoms with E-state index in [9.17, 15) is 9.90 Å². The molecule has 0 atom stereocenters. The minimum Gasteiger partial charge on any atom is -0.507 e. The standard InChI is InChI=1S/C19H11BrClNO3S/c1-9-2-4-12-15(6-9)26-17(16(12)21)18-22-13(19(24)25-18)8-10-7-11(20)3-5-14(10)23/h2-8,23H,1H3/b13-8+. The molecule has 130 valence electrons. The largest absolute Gasteiger partial charge is 0.507 e. The highest BCUT2D eigenvalue weighted by molar-refractivity contribution is 9.10. The highest BCUT2D eigenvalue weighted by Crippen LogP contribution is 2.38. The van der Waals surface area contributed by atoms with Crippen LogP contribution in [0.15, 0.2) is 51.6 Å². The molecule has 1 aromatic heterocycles. The van der Waals surface area contributed by atoms with Gasteiger partial charge in [-0.05, 0) is 42.8 Å². The lowest BCUT2D eigenvalue weighted by atomic mass is 10.1. The number of thiophene rings is 1. The number of cyclic esters (lactones) is 1. The number of fused-ring (bicyclic) bond motifs is 1. The highest BCUT2D eigenvalue weighted by Gasteiger charge is 2.28. The zero-order valence-corrected chi connectivity index (χ0v) is 16.6. The molecule has 0 radical (unpaired) electrons. The number of aryl methyl sites for hydroxylation is 1. The molecule has 0 saturated carbocycles. The van der Waals surface area contributed by atoms with Gasteiger partial charge in [0.2, 0.25) is 5.90 Å². The maximum atomic E-state index is 12.2. The third kappa shape index (κ3) is 3.05. The van der Waals surface area contributed by atoms with Crippen molar-refractivity contribution in [3.8, 4) is 5.75 Å². The van der Waals surface area contributed by atoms with Crippen LogP contribution in [0.1, 0.15) is 16.0 Å². The molecule has 3 aromatic rings. The third-order valence-corrected chi connectivity index (χ3v) is 6.02. The van der Waals surface area contributed by atoms with Crippen molar-refractivity contribution in [2.75, 3.05) is 0 Å². The van der Waals surface area contributed by atoms with Gasteiger partial charge in [-0.3, -0.25) is 0 Å². The Balaban J connectivity index is 1.78. The molecule has 2 heterocycles. The summed E-state index contributed by atoms with van der Waals surface area (Å²) in [7, 11) is 0. The average molecular weight is 449 g/mol. The number of benzene rings is 2. The molecule has 1 aliphatic rings. The molecule has 0 aliphatic carbocycles. The lowest BCUT2D eigenvalue weighted by Crippen LogP contribution is -2.04. The SMILES string of the molecule is Cc1ccc2c(Cl)c(C3=N/C(=C/c4cc(Br)ccc4O)C(=O)O3)sc2c1. The minimum absolute atomic E-state index is 0.0486. The first-order chi connectivity index (χ1) is 12.4. The fraction of sp³-hybridized carbons (Fsp3) is 0.0526. The monoisotopic (exact) mass is 447 g/mol. The number of halogens is 2. The number of hydrogen-bond donors (Lipinski definition) is 1. The summed E-state index contributed by atoms with van der Waals surface area (Å²) in [6.07, 6.45) is 1.49. The van der Waals surface area contributed by atoms with Gasteiger partial charge in [0.15, 0.2) is 5.70 Å². The van der Waals surface area contributed by atoms with Gasteiger partial charge >= 0.3 is 5.97 Å². The van der Waals surface area contributed by atoms with E-state index in [4.69, 9.17) is 16.3 Å². The summed E-state index contributed by atoms with van der Waals surface area (Å²) in [6, 6.07) is 10.9. The van der Waals surface area contributed by atoms with Crippen LogP contribution in [-0.4, -0.2) is 17.0 Å². The Hall–Kier alpha value is -2.15. The van der Waals surface area contributed by atoms with Crippen molar-refractivity contribution in [3.63, 3.8) is 0 Å². The molecule has 0 saturated heterocycles. The summed E-state index contributed by atoms with van der Waals surface area (Å²) in [5, 5.41) is 11.4. The van der Waals surface area contributed by atoms with Gasteiger partial charge in [-0.25, -0.2) is 9.79 Å². The number of phenols is 1. The van der Waals surface area contributed by atoms with Crippen molar-refractivity contribution in [2.45, 2.75) is 6.92 Å². The van der Waals surface area contributed by atoms with Gasteiger partial charge in [0.25, 0.3) is 0 Å². The van der Waals surface area contributed by atoms with Crippen molar-refractivity contribution >= 4 is 66.9 Å². The predicted octanol–water partition coefficient (Wildman–Crippen LogP) is 5.68. The van der Waals surface area contributed by atoms with Gasteiger partial charge in [0.05, 0.1) is 5.02 Å². The van der Waals surface area contributed by atoms with Crippen LogP contribution in [-0.2, 0) is 9.53 Å². The van der Waals surface area contributed by atoms with E-state index in [1.54, 1.807) is 12.1 Å². The summed E-state index contributed by atoms with van der Waals surface area (Å²) in [5.74, 6) is -0.351. The van der Waals surface area contributed by atoms with Gasteiger partial charge in [0.1, 0.15) is 10.6 Å². The summed E-state index contributed by atoms with van der Waals surface area (Å²) in [5.41, 5.74) is 1.70. The molecule has 1 N–H and O–H groups in total. The van der Waals surface area contributed by atoms with E-state index in [2.05, 4.69) is 20.9 Å². The van der Waals surface area contributed by atoms with Crippen molar-refractivity contribution in [3.05, 3.63) is 67.6 Å². The van der Waals surface area contributed by atoms with Gasteiger partial charge in [-0.2, -0.15) is 0 Å². The quantitative estimate of drug-likeness (QED) is 0.405. The lowest BCUT2D eigenvalue weighted by Gasteiger charge is -1.99. The van der Waals surface area contributed by atoms with Gasteiger partial charge in [-0.1, -0.05) is 39.7 Å². The molecule has 4 rings (SSSR count). The lowest BCUT2D eigenvalue weighted by molar-refractivity contribution is -0.129. The zero-order valence-electron chi connectivity index (χ0n) is 13.4. The maximum absolute atomic E-state index is 12.2. The fourth-order valence-corrected chi connectivity index (χ4v) is 4.52. The molecule has 2 aromatic carbocycles. The fourth-order valence-electron chi connectivity index (χ4n) is 2.60. The molecule has 0 unspecified atom stereocenters. The van der Waals surface area contributed by atoms with Crippen LogP contribution in [0.25, 0.3) is 16.2 Å². The first kappa shape index (κ1) is 17.3. The van der Waals surface area contributed by atoms with Crippen LogP contribution in [0.5, 0.6) is 5.75 Å². The van der Waals surface area contributed by atoms with Crippen molar-refractivity contribution in [1.29, 1.82) is 0 Å². The van der Waals surface area contributed by atoms with Crippen LogP contribution in [0.3, 0.4) is 0 Å².